The first kappa shape index (κ1) is 23.7. The van der Waals surface area contributed by atoms with Crippen LogP contribution in [-0.2, 0) is 19.6 Å². The topological polar surface area (TPSA) is 107 Å². The zero-order valence-corrected chi connectivity index (χ0v) is 15.6. The van der Waals surface area contributed by atoms with E-state index in [-0.39, 0.29) is 44.6 Å². The van der Waals surface area contributed by atoms with Crippen LogP contribution in [0.1, 0.15) is 61.7 Å². The molecule has 0 saturated carbocycles. The second kappa shape index (κ2) is 11.3. The Hall–Kier alpha value is -1.33. The van der Waals surface area contributed by atoms with E-state index < -0.39 is 27.0 Å². The van der Waals surface area contributed by atoms with Crippen LogP contribution >= 0.6 is 0 Å². The van der Waals surface area contributed by atoms with Crippen LogP contribution in [0.3, 0.4) is 0 Å². The van der Waals surface area contributed by atoms with Gasteiger partial charge in [-0.2, -0.15) is 8.42 Å². The molecule has 136 valence electrons. The second-order valence-electron chi connectivity index (χ2n) is 5.16. The van der Waals surface area contributed by atoms with Gasteiger partial charge in [-0.1, -0.05) is 26.7 Å². The molecule has 0 saturated heterocycles. The Balaban J connectivity index is 0. The Labute approximate surface area is 161 Å². The van der Waals surface area contributed by atoms with E-state index in [1.807, 2.05) is 13.8 Å². The van der Waals surface area contributed by atoms with Crippen molar-refractivity contribution < 1.29 is 52.3 Å². The Bertz CT molecular complexity index is 692. The molecule has 0 amide bonds. The number of rotatable bonds is 9. The molecule has 0 unspecified atom stereocenters. The maximum Gasteiger partial charge on any atom is 1.00 e. The molecular formula is C16H23LiO7S. The van der Waals surface area contributed by atoms with Crippen LogP contribution in [0.4, 0.5) is 0 Å². The third-order valence-corrected chi connectivity index (χ3v) is 4.07. The quantitative estimate of drug-likeness (QED) is 0.283. The van der Waals surface area contributed by atoms with Crippen molar-refractivity contribution in [1.82, 2.24) is 0 Å². The summed E-state index contributed by atoms with van der Waals surface area (Å²) in [6.07, 6.45) is 2.96. The van der Waals surface area contributed by atoms with Gasteiger partial charge in [0.1, 0.15) is 4.90 Å². The van der Waals surface area contributed by atoms with Crippen molar-refractivity contribution in [3.8, 4) is 0 Å². The van der Waals surface area contributed by atoms with Crippen molar-refractivity contribution in [2.75, 3.05) is 13.2 Å². The van der Waals surface area contributed by atoms with Crippen LogP contribution < -0.4 is 18.9 Å². The number of benzene rings is 1. The van der Waals surface area contributed by atoms with Crippen LogP contribution in [0.25, 0.3) is 0 Å². The molecule has 1 N–H and O–H groups in total. The van der Waals surface area contributed by atoms with Crippen LogP contribution in [0.2, 0.25) is 0 Å². The van der Waals surface area contributed by atoms with Gasteiger partial charge in [0.2, 0.25) is 0 Å². The van der Waals surface area contributed by atoms with Crippen molar-refractivity contribution >= 4 is 22.1 Å². The molecule has 1 aromatic rings. The first-order valence-corrected chi connectivity index (χ1v) is 9.21. The molecule has 25 heavy (non-hydrogen) atoms. The summed E-state index contributed by atoms with van der Waals surface area (Å²) in [5.74, 6) is -1.60. The minimum absolute atomic E-state index is 0. The predicted octanol–water partition coefficient (Wildman–Crippen LogP) is -0.0364. The molecule has 0 aromatic heterocycles. The average molecular weight is 366 g/mol. The standard InChI is InChI=1S/C16H22O7S.Li.H/c1-3-5-9-22-15(17)12-7-8-13(14(11-12)24(19,20)21)16(18)23-10-6-4-2;;/h7-8,11H,3-6,9-10H2,1-2H3,(H,19,20,21);;/q;+1;-1. The number of hydrogen-bond acceptors (Lipinski definition) is 6. The summed E-state index contributed by atoms with van der Waals surface area (Å²) >= 11 is 0. The Morgan fingerprint density at radius 1 is 1.04 bits per heavy atom. The fraction of sp³-hybridized carbons (Fsp3) is 0.500. The molecule has 0 atom stereocenters. The fourth-order valence-electron chi connectivity index (χ4n) is 1.81. The summed E-state index contributed by atoms with van der Waals surface area (Å²) < 4.78 is 42.3. The van der Waals surface area contributed by atoms with Gasteiger partial charge in [0.05, 0.1) is 24.3 Å². The van der Waals surface area contributed by atoms with E-state index in [1.54, 1.807) is 0 Å². The first-order chi connectivity index (χ1) is 11.3. The van der Waals surface area contributed by atoms with Crippen LogP contribution in [0, 0.1) is 0 Å². The molecule has 0 aliphatic carbocycles. The van der Waals surface area contributed by atoms with Crippen LogP contribution in [-0.4, -0.2) is 38.1 Å². The number of carbonyl (C=O) groups is 2. The van der Waals surface area contributed by atoms with Gasteiger partial charge >= 0.3 is 30.8 Å². The van der Waals surface area contributed by atoms with E-state index in [0.717, 1.165) is 25.0 Å². The van der Waals surface area contributed by atoms with Gasteiger partial charge in [-0.25, -0.2) is 9.59 Å². The maximum atomic E-state index is 12.0. The van der Waals surface area contributed by atoms with Crippen molar-refractivity contribution in [1.29, 1.82) is 0 Å². The van der Waals surface area contributed by atoms with E-state index in [1.165, 1.54) is 6.07 Å². The number of esters is 2. The summed E-state index contributed by atoms with van der Waals surface area (Å²) in [4.78, 5) is 23.2. The van der Waals surface area contributed by atoms with E-state index in [0.29, 0.717) is 12.8 Å². The molecule has 0 fully saturated rings. The Morgan fingerprint density at radius 3 is 2.04 bits per heavy atom. The molecule has 0 aliphatic rings. The molecule has 0 heterocycles. The van der Waals surface area contributed by atoms with Gasteiger partial charge in [0.25, 0.3) is 10.1 Å². The van der Waals surface area contributed by atoms with Crippen molar-refractivity contribution in [2.45, 2.75) is 44.4 Å². The van der Waals surface area contributed by atoms with Crippen LogP contribution in [0.15, 0.2) is 23.1 Å². The van der Waals surface area contributed by atoms with Crippen LogP contribution in [0.5, 0.6) is 0 Å². The number of ether oxygens (including phenoxy) is 2. The minimum Gasteiger partial charge on any atom is -1.00 e. The van der Waals surface area contributed by atoms with Gasteiger partial charge in [0.15, 0.2) is 0 Å². The van der Waals surface area contributed by atoms with Crippen molar-refractivity contribution in [3.63, 3.8) is 0 Å². The molecule has 7 nitrogen and oxygen atoms in total. The van der Waals surface area contributed by atoms with Gasteiger partial charge in [-0.05, 0) is 31.0 Å². The molecule has 0 aliphatic heterocycles. The summed E-state index contributed by atoms with van der Waals surface area (Å²) in [6, 6.07) is 3.31. The monoisotopic (exact) mass is 366 g/mol. The van der Waals surface area contributed by atoms with E-state index in [2.05, 4.69) is 0 Å². The van der Waals surface area contributed by atoms with Gasteiger partial charge in [0, 0.05) is 0 Å². The Kier molecular flexibility index (Phi) is 10.7. The smallest absolute Gasteiger partial charge is 1.00 e. The predicted molar refractivity (Wildman–Crippen MR) is 87.7 cm³/mol. The number of unbranched alkanes of at least 4 members (excludes halogenated alkanes) is 2. The summed E-state index contributed by atoms with van der Waals surface area (Å²) in [5, 5.41) is 0. The van der Waals surface area contributed by atoms with E-state index >= 15 is 0 Å². The molecule has 9 heteroatoms. The zero-order chi connectivity index (χ0) is 18.2. The normalized spacial score (nSPS) is 10.7. The largest absolute Gasteiger partial charge is 1.00 e. The Morgan fingerprint density at radius 2 is 1.56 bits per heavy atom. The summed E-state index contributed by atoms with van der Waals surface area (Å²) in [7, 11) is -4.70. The minimum atomic E-state index is -4.70. The fourth-order valence-corrected chi connectivity index (χ4v) is 2.52. The molecule has 1 aromatic carbocycles. The van der Waals surface area contributed by atoms with Crippen molar-refractivity contribution in [2.24, 2.45) is 0 Å². The third-order valence-electron chi connectivity index (χ3n) is 3.18. The third kappa shape index (κ3) is 7.61. The molecule has 0 bridgehead atoms. The van der Waals surface area contributed by atoms with E-state index in [4.69, 9.17) is 9.47 Å². The molecular weight excluding hydrogens is 343 g/mol. The molecule has 1 rings (SSSR count). The van der Waals surface area contributed by atoms with E-state index in [9.17, 15) is 22.6 Å². The van der Waals surface area contributed by atoms with Gasteiger partial charge < -0.3 is 10.9 Å². The zero-order valence-electron chi connectivity index (χ0n) is 15.8. The van der Waals surface area contributed by atoms with Gasteiger partial charge in [-0.3, -0.25) is 4.55 Å². The number of hydrogen-bond donors (Lipinski definition) is 1. The SMILES string of the molecule is CCCCOC(=O)c1ccc(C(=O)OCCCC)c(S(=O)(=O)O)c1.[H-].[Li+]. The maximum absolute atomic E-state index is 12.0. The molecule has 0 radical (unpaired) electrons. The number of carbonyl (C=O) groups excluding carboxylic acids is 2. The van der Waals surface area contributed by atoms with Crippen molar-refractivity contribution in [3.05, 3.63) is 29.3 Å². The second-order valence-corrected chi connectivity index (χ2v) is 6.55. The summed E-state index contributed by atoms with van der Waals surface area (Å²) in [5.41, 5.74) is -0.387. The van der Waals surface area contributed by atoms with Gasteiger partial charge in [-0.15, -0.1) is 0 Å². The summed E-state index contributed by atoms with van der Waals surface area (Å²) in [6.45, 7) is 4.19. The first-order valence-electron chi connectivity index (χ1n) is 7.77. The molecule has 0 spiro atoms. The average Bonchev–Trinajstić information content (AvgIpc) is 2.53.